The van der Waals surface area contributed by atoms with Crippen molar-refractivity contribution in [2.45, 2.75) is 20.3 Å². The Labute approximate surface area is 159 Å². The van der Waals surface area contributed by atoms with Gasteiger partial charge in [0.15, 0.2) is 5.13 Å². The molecule has 0 fully saturated rings. The average Bonchev–Trinajstić information content (AvgIpc) is 3.20. The van der Waals surface area contributed by atoms with Crippen molar-refractivity contribution in [2.24, 2.45) is 0 Å². The number of carbonyl (C=O) groups excluding carboxylic acids is 1. The third-order valence-corrected chi connectivity index (χ3v) is 5.73. The lowest BCUT2D eigenvalue weighted by Gasteiger charge is -2.03. The maximum absolute atomic E-state index is 12.3. The van der Waals surface area contributed by atoms with E-state index in [0.717, 1.165) is 32.0 Å². The molecule has 0 aliphatic rings. The number of fused-ring (bicyclic) bond motifs is 1. The summed E-state index contributed by atoms with van der Waals surface area (Å²) >= 11 is 3.14. The second-order valence-corrected chi connectivity index (χ2v) is 8.26. The zero-order valence-corrected chi connectivity index (χ0v) is 16.1. The second-order valence-electron chi connectivity index (χ2n) is 6.16. The second kappa shape index (κ2) is 6.97. The molecule has 0 saturated heterocycles. The van der Waals surface area contributed by atoms with Gasteiger partial charge in [0.2, 0.25) is 5.91 Å². The number of nitrogens with one attached hydrogen (secondary N) is 1. The third-order valence-electron chi connectivity index (χ3n) is 4.02. The first-order chi connectivity index (χ1) is 12.6. The summed E-state index contributed by atoms with van der Waals surface area (Å²) in [5, 5.41) is 6.65. The number of hydrogen-bond donors (Lipinski definition) is 1. The smallest absolute Gasteiger partial charge is 0.230 e. The molecule has 0 bridgehead atoms. The number of anilines is 1. The van der Waals surface area contributed by atoms with Crippen molar-refractivity contribution in [1.29, 1.82) is 0 Å². The molecular formula is C20H17N3OS2. The molecule has 26 heavy (non-hydrogen) atoms. The number of amides is 1. The first-order valence-corrected chi connectivity index (χ1v) is 9.95. The molecule has 0 spiro atoms. The van der Waals surface area contributed by atoms with E-state index in [1.165, 1.54) is 16.9 Å². The van der Waals surface area contributed by atoms with Crippen LogP contribution < -0.4 is 5.32 Å². The molecule has 2 aromatic carbocycles. The predicted octanol–water partition coefficient (Wildman–Crippen LogP) is 5.22. The zero-order chi connectivity index (χ0) is 18.1. The summed E-state index contributed by atoms with van der Waals surface area (Å²) in [5.41, 5.74) is 5.12. The van der Waals surface area contributed by atoms with E-state index in [-0.39, 0.29) is 5.91 Å². The van der Waals surface area contributed by atoms with Crippen LogP contribution in [0.25, 0.3) is 21.5 Å². The van der Waals surface area contributed by atoms with E-state index in [1.54, 1.807) is 11.3 Å². The quantitative estimate of drug-likeness (QED) is 0.529. The van der Waals surface area contributed by atoms with Crippen LogP contribution in [0.4, 0.5) is 5.13 Å². The van der Waals surface area contributed by atoms with Crippen LogP contribution in [0.5, 0.6) is 0 Å². The minimum atomic E-state index is -0.0574. The van der Waals surface area contributed by atoms with Gasteiger partial charge in [-0.3, -0.25) is 4.79 Å². The number of carbonyl (C=O) groups is 1. The molecule has 0 unspecified atom stereocenters. The highest BCUT2D eigenvalue weighted by atomic mass is 32.1. The van der Waals surface area contributed by atoms with Gasteiger partial charge in [0, 0.05) is 10.9 Å². The normalized spacial score (nSPS) is 11.0. The van der Waals surface area contributed by atoms with E-state index in [1.807, 2.05) is 55.6 Å². The molecule has 6 heteroatoms. The number of rotatable bonds is 4. The Morgan fingerprint density at radius 2 is 1.88 bits per heavy atom. The molecule has 0 aliphatic heterocycles. The summed E-state index contributed by atoms with van der Waals surface area (Å²) in [6, 6.07) is 14.1. The van der Waals surface area contributed by atoms with Gasteiger partial charge in [-0.25, -0.2) is 9.97 Å². The van der Waals surface area contributed by atoms with Crippen LogP contribution >= 0.6 is 22.7 Å². The first-order valence-electron chi connectivity index (χ1n) is 8.25. The molecule has 2 heterocycles. The minimum absolute atomic E-state index is 0.0574. The van der Waals surface area contributed by atoms with E-state index < -0.39 is 0 Å². The fourth-order valence-electron chi connectivity index (χ4n) is 2.72. The lowest BCUT2D eigenvalue weighted by molar-refractivity contribution is -0.115. The molecule has 4 rings (SSSR count). The molecule has 4 nitrogen and oxygen atoms in total. The average molecular weight is 380 g/mol. The van der Waals surface area contributed by atoms with Crippen LogP contribution in [0.3, 0.4) is 0 Å². The number of aromatic nitrogens is 2. The van der Waals surface area contributed by atoms with Crippen molar-refractivity contribution in [1.82, 2.24) is 9.97 Å². The van der Waals surface area contributed by atoms with Crippen molar-refractivity contribution >= 4 is 43.9 Å². The van der Waals surface area contributed by atoms with Gasteiger partial charge >= 0.3 is 0 Å². The Balaban J connectivity index is 1.43. The molecule has 0 atom stereocenters. The molecule has 0 radical (unpaired) electrons. The highest BCUT2D eigenvalue weighted by molar-refractivity contribution is 7.22. The largest absolute Gasteiger partial charge is 0.302 e. The van der Waals surface area contributed by atoms with Gasteiger partial charge in [0.1, 0.15) is 0 Å². The van der Waals surface area contributed by atoms with Gasteiger partial charge in [-0.1, -0.05) is 41.7 Å². The topological polar surface area (TPSA) is 54.9 Å². The summed E-state index contributed by atoms with van der Waals surface area (Å²) in [5.74, 6) is -0.0574. The van der Waals surface area contributed by atoms with Crippen molar-refractivity contribution in [3.8, 4) is 11.3 Å². The van der Waals surface area contributed by atoms with E-state index >= 15 is 0 Å². The summed E-state index contributed by atoms with van der Waals surface area (Å²) in [4.78, 5) is 21.3. The first kappa shape index (κ1) is 16.9. The molecule has 1 N–H and O–H groups in total. The van der Waals surface area contributed by atoms with Crippen LogP contribution in [-0.2, 0) is 11.2 Å². The summed E-state index contributed by atoms with van der Waals surface area (Å²) in [6.45, 7) is 4.05. The monoisotopic (exact) mass is 379 g/mol. The van der Waals surface area contributed by atoms with Gasteiger partial charge < -0.3 is 5.32 Å². The molecule has 0 saturated carbocycles. The molecule has 2 aromatic heterocycles. The minimum Gasteiger partial charge on any atom is -0.302 e. The van der Waals surface area contributed by atoms with E-state index in [9.17, 15) is 4.79 Å². The van der Waals surface area contributed by atoms with Crippen LogP contribution in [0.2, 0.25) is 0 Å². The van der Waals surface area contributed by atoms with Crippen molar-refractivity contribution < 1.29 is 4.79 Å². The Kier molecular flexibility index (Phi) is 4.53. The van der Waals surface area contributed by atoms with Crippen molar-refractivity contribution in [2.75, 3.05) is 5.32 Å². The number of aryl methyl sites for hydroxylation is 2. The SMILES string of the molecule is Cc1ccc2nc(NC(=O)Cc3ccc(-c4csc(C)n4)cc3)sc2c1. The molecule has 0 aliphatic carbocycles. The standard InChI is InChI=1S/C20H17N3OS2/c1-12-3-8-16-18(9-12)26-20(22-16)23-19(24)10-14-4-6-15(7-5-14)17-11-25-13(2)21-17/h3-9,11H,10H2,1-2H3,(H,22,23,24). The van der Waals surface area contributed by atoms with E-state index in [2.05, 4.69) is 21.4 Å². The Bertz CT molecular complexity index is 1080. The van der Waals surface area contributed by atoms with Crippen LogP contribution in [-0.4, -0.2) is 15.9 Å². The predicted molar refractivity (Wildman–Crippen MR) is 109 cm³/mol. The molecule has 4 aromatic rings. The molecular weight excluding hydrogens is 362 g/mol. The van der Waals surface area contributed by atoms with Crippen LogP contribution in [0.15, 0.2) is 47.8 Å². The fraction of sp³-hybridized carbons (Fsp3) is 0.150. The van der Waals surface area contributed by atoms with Gasteiger partial charge in [-0.15, -0.1) is 11.3 Å². The van der Waals surface area contributed by atoms with Gasteiger partial charge in [-0.05, 0) is 37.1 Å². The number of thiazole rings is 2. The van der Waals surface area contributed by atoms with Crippen LogP contribution in [0.1, 0.15) is 16.1 Å². The van der Waals surface area contributed by atoms with Crippen molar-refractivity contribution in [3.05, 3.63) is 64.0 Å². The van der Waals surface area contributed by atoms with E-state index in [0.29, 0.717) is 11.6 Å². The lowest BCUT2D eigenvalue weighted by atomic mass is 10.1. The Hall–Kier alpha value is -2.57. The summed E-state index contributed by atoms with van der Waals surface area (Å²) in [6.07, 6.45) is 0.325. The highest BCUT2D eigenvalue weighted by Gasteiger charge is 2.09. The Morgan fingerprint density at radius 3 is 2.62 bits per heavy atom. The maximum atomic E-state index is 12.3. The summed E-state index contributed by atoms with van der Waals surface area (Å²) < 4.78 is 1.09. The Morgan fingerprint density at radius 1 is 1.08 bits per heavy atom. The molecule has 130 valence electrons. The van der Waals surface area contributed by atoms with Gasteiger partial charge in [0.25, 0.3) is 0 Å². The van der Waals surface area contributed by atoms with Crippen LogP contribution in [0, 0.1) is 13.8 Å². The third kappa shape index (κ3) is 3.66. The number of nitrogens with zero attached hydrogens (tertiary/aromatic N) is 2. The van der Waals surface area contributed by atoms with E-state index in [4.69, 9.17) is 0 Å². The maximum Gasteiger partial charge on any atom is 0.230 e. The summed E-state index contributed by atoms with van der Waals surface area (Å²) in [7, 11) is 0. The number of hydrogen-bond acceptors (Lipinski definition) is 5. The number of benzene rings is 2. The van der Waals surface area contributed by atoms with Crippen molar-refractivity contribution in [3.63, 3.8) is 0 Å². The van der Waals surface area contributed by atoms with Gasteiger partial charge in [-0.2, -0.15) is 0 Å². The highest BCUT2D eigenvalue weighted by Crippen LogP contribution is 2.27. The zero-order valence-electron chi connectivity index (χ0n) is 14.4. The lowest BCUT2D eigenvalue weighted by Crippen LogP contribution is -2.14. The fourth-order valence-corrected chi connectivity index (χ4v) is 4.33. The molecule has 1 amide bonds. The van der Waals surface area contributed by atoms with Gasteiger partial charge in [0.05, 0.1) is 27.3 Å².